The largest absolute Gasteiger partial charge is 0.331 e. The van der Waals surface area contributed by atoms with Crippen LogP contribution in [0.1, 0.15) is 0 Å². The highest BCUT2D eigenvalue weighted by atomic mass is 79.9. The summed E-state index contributed by atoms with van der Waals surface area (Å²) in [5.41, 5.74) is 0.850. The first-order valence-electron chi connectivity index (χ1n) is 6.50. The molecule has 0 atom stereocenters. The van der Waals surface area contributed by atoms with Crippen molar-refractivity contribution in [3.8, 4) is 0 Å². The average molecular weight is 382 g/mol. The number of carbonyl (C=O) groups excluding carboxylic acids is 1. The van der Waals surface area contributed by atoms with Crippen molar-refractivity contribution in [1.29, 1.82) is 0 Å². The second-order valence-electron chi connectivity index (χ2n) is 4.78. The van der Waals surface area contributed by atoms with Crippen molar-refractivity contribution in [3.63, 3.8) is 0 Å². The topological polar surface area (TPSA) is 78.8 Å². The number of sulfonamides is 1. The van der Waals surface area contributed by atoms with Gasteiger partial charge < -0.3 is 10.2 Å². The van der Waals surface area contributed by atoms with Gasteiger partial charge in [0.1, 0.15) is 0 Å². The maximum atomic E-state index is 12.4. The zero-order valence-corrected chi connectivity index (χ0v) is 13.8. The predicted molar refractivity (Wildman–Crippen MR) is 87.9 cm³/mol. The summed E-state index contributed by atoms with van der Waals surface area (Å²) in [6, 6.07) is 7.11. The van der Waals surface area contributed by atoms with Crippen LogP contribution in [0.25, 0.3) is 0 Å². The van der Waals surface area contributed by atoms with Crippen LogP contribution in [0.15, 0.2) is 57.1 Å². The van der Waals surface area contributed by atoms with Crippen LogP contribution in [0.5, 0.6) is 0 Å². The number of hydrogen-bond donors (Lipinski definition) is 1. The molecular formula is C14H12BrN3O3S. The Labute approximate surface area is 136 Å². The summed E-state index contributed by atoms with van der Waals surface area (Å²) in [4.78, 5) is 14.1. The highest BCUT2D eigenvalue weighted by molar-refractivity contribution is 9.10. The number of benzene rings is 1. The SMILES string of the molecule is O=C(Nc1ccc(Br)cc1)C1=CC=CN2CCS(=O)(=O)N=C12. The lowest BCUT2D eigenvalue weighted by molar-refractivity contribution is -0.112. The van der Waals surface area contributed by atoms with E-state index in [9.17, 15) is 13.2 Å². The van der Waals surface area contributed by atoms with Gasteiger partial charge >= 0.3 is 0 Å². The van der Waals surface area contributed by atoms with E-state index in [1.54, 1.807) is 47.5 Å². The molecule has 114 valence electrons. The zero-order valence-electron chi connectivity index (χ0n) is 11.4. The van der Waals surface area contributed by atoms with Crippen LogP contribution in [-0.4, -0.2) is 37.4 Å². The van der Waals surface area contributed by atoms with Crippen molar-refractivity contribution in [2.75, 3.05) is 17.6 Å². The summed E-state index contributed by atoms with van der Waals surface area (Å²) in [5, 5.41) is 2.73. The lowest BCUT2D eigenvalue weighted by atomic mass is 10.1. The quantitative estimate of drug-likeness (QED) is 0.847. The Balaban J connectivity index is 1.88. The minimum absolute atomic E-state index is 0.0531. The molecule has 6 nitrogen and oxygen atoms in total. The van der Waals surface area contributed by atoms with Crippen molar-refractivity contribution in [3.05, 3.63) is 52.7 Å². The molecule has 0 fully saturated rings. The third-order valence-corrected chi connectivity index (χ3v) is 4.88. The Hall–Kier alpha value is -1.93. The lowest BCUT2D eigenvalue weighted by Gasteiger charge is -2.28. The fourth-order valence-electron chi connectivity index (χ4n) is 2.13. The number of hydrogen-bond acceptors (Lipinski definition) is 4. The Bertz CT molecular complexity index is 810. The van der Waals surface area contributed by atoms with Gasteiger partial charge in [-0.25, -0.2) is 8.42 Å². The smallest absolute Gasteiger partial charge is 0.259 e. The van der Waals surface area contributed by atoms with Gasteiger partial charge in [0, 0.05) is 22.9 Å². The van der Waals surface area contributed by atoms with Crippen LogP contribution < -0.4 is 5.32 Å². The number of amidine groups is 1. The van der Waals surface area contributed by atoms with Crippen LogP contribution in [0, 0.1) is 0 Å². The Morgan fingerprint density at radius 3 is 2.73 bits per heavy atom. The van der Waals surface area contributed by atoms with E-state index in [1.165, 1.54) is 0 Å². The van der Waals surface area contributed by atoms with Gasteiger partial charge in [0.25, 0.3) is 15.9 Å². The summed E-state index contributed by atoms with van der Waals surface area (Å²) in [6.07, 6.45) is 4.97. The second-order valence-corrected chi connectivity index (χ2v) is 7.45. The van der Waals surface area contributed by atoms with E-state index in [2.05, 4.69) is 25.6 Å². The molecule has 1 aromatic rings. The molecule has 8 heteroatoms. The fourth-order valence-corrected chi connectivity index (χ4v) is 3.37. The number of nitrogens with one attached hydrogen (secondary N) is 1. The summed E-state index contributed by atoms with van der Waals surface area (Å²) in [5.74, 6) is -0.279. The number of nitrogens with zero attached hydrogens (tertiary/aromatic N) is 2. The molecule has 2 aliphatic rings. The van der Waals surface area contributed by atoms with Crippen LogP contribution in [0.4, 0.5) is 5.69 Å². The lowest BCUT2D eigenvalue weighted by Crippen LogP contribution is -2.40. The van der Waals surface area contributed by atoms with E-state index in [0.29, 0.717) is 12.2 Å². The molecule has 0 saturated heterocycles. The van der Waals surface area contributed by atoms with Crippen molar-refractivity contribution in [2.24, 2.45) is 4.40 Å². The van der Waals surface area contributed by atoms with Crippen LogP contribution in [0.2, 0.25) is 0 Å². The van der Waals surface area contributed by atoms with Gasteiger partial charge in [0.15, 0.2) is 5.84 Å². The molecule has 0 saturated carbocycles. The summed E-state index contributed by atoms with van der Waals surface area (Å²) in [7, 11) is -3.51. The van der Waals surface area contributed by atoms with Gasteiger partial charge in [-0.05, 0) is 36.4 Å². The van der Waals surface area contributed by atoms with Gasteiger partial charge in [0.2, 0.25) is 0 Å². The van der Waals surface area contributed by atoms with E-state index in [1.807, 2.05) is 0 Å². The van der Waals surface area contributed by atoms with Gasteiger partial charge in [0.05, 0.1) is 11.3 Å². The molecule has 1 amide bonds. The average Bonchev–Trinajstić information content (AvgIpc) is 2.48. The van der Waals surface area contributed by atoms with E-state index in [0.717, 1.165) is 4.47 Å². The molecule has 0 aromatic heterocycles. The van der Waals surface area contributed by atoms with Gasteiger partial charge in [-0.1, -0.05) is 15.9 Å². The minimum atomic E-state index is -3.51. The summed E-state index contributed by atoms with van der Waals surface area (Å²) >= 11 is 3.32. The Kier molecular flexibility index (Phi) is 3.88. The zero-order chi connectivity index (χ0) is 15.7. The summed E-state index contributed by atoms with van der Waals surface area (Å²) < 4.78 is 28.0. The van der Waals surface area contributed by atoms with E-state index < -0.39 is 15.9 Å². The first-order chi connectivity index (χ1) is 10.4. The highest BCUT2D eigenvalue weighted by Crippen LogP contribution is 2.20. The molecule has 0 unspecified atom stereocenters. The predicted octanol–water partition coefficient (Wildman–Crippen LogP) is 1.89. The molecule has 1 aromatic carbocycles. The molecule has 0 bridgehead atoms. The number of rotatable bonds is 2. The maximum Gasteiger partial charge on any atom is 0.259 e. The first-order valence-corrected chi connectivity index (χ1v) is 8.90. The van der Waals surface area contributed by atoms with Crippen LogP contribution >= 0.6 is 15.9 Å². The standard InChI is InChI=1S/C14H12BrN3O3S/c15-10-3-5-11(6-4-10)16-14(19)12-2-1-7-18-8-9-22(20,21)17-13(12)18/h1-7H,8-9H2,(H,16,19). The second kappa shape index (κ2) is 5.69. The number of carbonyl (C=O) groups is 1. The Morgan fingerprint density at radius 1 is 1.27 bits per heavy atom. The maximum absolute atomic E-state index is 12.4. The molecule has 1 N–H and O–H groups in total. The molecular weight excluding hydrogens is 370 g/mol. The molecule has 2 heterocycles. The first kappa shape index (κ1) is 15.0. The van der Waals surface area contributed by atoms with Crippen molar-refractivity contribution in [1.82, 2.24) is 4.90 Å². The molecule has 22 heavy (non-hydrogen) atoms. The van der Waals surface area contributed by atoms with E-state index in [-0.39, 0.29) is 17.2 Å². The fraction of sp³-hybridized carbons (Fsp3) is 0.143. The van der Waals surface area contributed by atoms with Crippen molar-refractivity contribution < 1.29 is 13.2 Å². The van der Waals surface area contributed by atoms with Crippen LogP contribution in [0.3, 0.4) is 0 Å². The number of anilines is 1. The number of allylic oxidation sites excluding steroid dienone is 2. The van der Waals surface area contributed by atoms with Crippen molar-refractivity contribution in [2.45, 2.75) is 0 Å². The highest BCUT2D eigenvalue weighted by Gasteiger charge is 2.29. The summed E-state index contributed by atoms with van der Waals surface area (Å²) in [6.45, 7) is 0.292. The van der Waals surface area contributed by atoms with Gasteiger partial charge in [-0.2, -0.15) is 0 Å². The molecule has 0 spiro atoms. The van der Waals surface area contributed by atoms with Gasteiger partial charge in [-0.3, -0.25) is 4.79 Å². The third kappa shape index (κ3) is 3.12. The number of amides is 1. The van der Waals surface area contributed by atoms with E-state index in [4.69, 9.17) is 0 Å². The normalized spacial score (nSPS) is 19.0. The molecule has 0 aliphatic carbocycles. The molecule has 3 rings (SSSR count). The molecule has 0 radical (unpaired) electrons. The van der Waals surface area contributed by atoms with Crippen molar-refractivity contribution >= 4 is 43.4 Å². The number of halogens is 1. The van der Waals surface area contributed by atoms with Gasteiger partial charge in [-0.15, -0.1) is 4.40 Å². The Morgan fingerprint density at radius 2 is 2.00 bits per heavy atom. The third-order valence-electron chi connectivity index (χ3n) is 3.20. The molecule has 2 aliphatic heterocycles. The van der Waals surface area contributed by atoms with E-state index >= 15 is 0 Å². The minimum Gasteiger partial charge on any atom is -0.331 e. The number of fused-ring (bicyclic) bond motifs is 1. The van der Waals surface area contributed by atoms with Crippen LogP contribution in [-0.2, 0) is 14.8 Å². The monoisotopic (exact) mass is 381 g/mol.